The van der Waals surface area contributed by atoms with Gasteiger partial charge in [-0.3, -0.25) is 4.79 Å². The van der Waals surface area contributed by atoms with Gasteiger partial charge in [-0.25, -0.2) is 8.78 Å². The maximum atomic E-state index is 13.4. The molecule has 20 heavy (non-hydrogen) atoms. The lowest BCUT2D eigenvalue weighted by Crippen LogP contribution is -2.27. The first-order valence-corrected chi connectivity index (χ1v) is 6.95. The summed E-state index contributed by atoms with van der Waals surface area (Å²) in [6.45, 7) is 1.78. The van der Waals surface area contributed by atoms with Gasteiger partial charge in [0, 0.05) is 4.90 Å². The van der Waals surface area contributed by atoms with E-state index in [4.69, 9.17) is 4.42 Å². The Kier molecular flexibility index (Phi) is 4.79. The second kappa shape index (κ2) is 6.56. The Morgan fingerprint density at radius 1 is 1.40 bits per heavy atom. The third-order valence-corrected chi connectivity index (χ3v) is 3.63. The van der Waals surface area contributed by atoms with Crippen LogP contribution in [0.3, 0.4) is 0 Å². The van der Waals surface area contributed by atoms with Crippen molar-refractivity contribution in [2.75, 3.05) is 5.75 Å². The van der Waals surface area contributed by atoms with Gasteiger partial charge in [-0.05, 0) is 37.3 Å². The number of rotatable bonds is 5. The number of amides is 1. The van der Waals surface area contributed by atoms with Crippen LogP contribution in [-0.4, -0.2) is 11.7 Å². The van der Waals surface area contributed by atoms with E-state index in [2.05, 4.69) is 5.32 Å². The van der Waals surface area contributed by atoms with Crippen LogP contribution in [0.5, 0.6) is 0 Å². The van der Waals surface area contributed by atoms with Crippen LogP contribution in [0.2, 0.25) is 0 Å². The fourth-order valence-electron chi connectivity index (χ4n) is 1.62. The third-order valence-electron chi connectivity index (χ3n) is 2.60. The topological polar surface area (TPSA) is 42.2 Å². The van der Waals surface area contributed by atoms with E-state index >= 15 is 0 Å². The highest BCUT2D eigenvalue weighted by Gasteiger charge is 2.13. The molecule has 1 aromatic heterocycles. The zero-order chi connectivity index (χ0) is 14.5. The molecule has 0 saturated carbocycles. The molecule has 0 aliphatic heterocycles. The minimum absolute atomic E-state index is 0.00538. The molecule has 0 saturated heterocycles. The average molecular weight is 297 g/mol. The lowest BCUT2D eigenvalue weighted by Gasteiger charge is -2.11. The maximum Gasteiger partial charge on any atom is 0.230 e. The molecular formula is C14H13F2NO2S. The summed E-state index contributed by atoms with van der Waals surface area (Å²) in [5.74, 6) is -0.699. The lowest BCUT2D eigenvalue weighted by atomic mass is 10.2. The third kappa shape index (κ3) is 3.84. The summed E-state index contributed by atoms with van der Waals surface area (Å²) in [6, 6.07) is 6.37. The quantitative estimate of drug-likeness (QED) is 0.859. The number of benzene rings is 1. The Hall–Kier alpha value is -1.82. The van der Waals surface area contributed by atoms with Crippen LogP contribution in [0.4, 0.5) is 8.78 Å². The summed E-state index contributed by atoms with van der Waals surface area (Å²) in [5.41, 5.74) is 0. The SMILES string of the molecule is C[C@@H](NC(=O)CSc1cc(F)ccc1F)c1ccco1. The molecule has 3 nitrogen and oxygen atoms in total. The Labute approximate surface area is 119 Å². The number of thioether (sulfide) groups is 1. The molecule has 0 aliphatic carbocycles. The van der Waals surface area contributed by atoms with Crippen molar-refractivity contribution in [1.82, 2.24) is 5.32 Å². The standard InChI is InChI=1S/C14H13F2NO2S/c1-9(12-3-2-6-19-12)17-14(18)8-20-13-7-10(15)4-5-11(13)16/h2-7,9H,8H2,1H3,(H,17,18)/t9-/m1/s1. The van der Waals surface area contributed by atoms with E-state index in [9.17, 15) is 13.6 Å². The molecule has 1 N–H and O–H groups in total. The number of carbonyl (C=O) groups excluding carboxylic acids is 1. The number of halogens is 2. The molecule has 0 fully saturated rings. The Morgan fingerprint density at radius 3 is 2.90 bits per heavy atom. The van der Waals surface area contributed by atoms with E-state index in [-0.39, 0.29) is 22.6 Å². The van der Waals surface area contributed by atoms with Crippen LogP contribution in [0.25, 0.3) is 0 Å². The highest BCUT2D eigenvalue weighted by molar-refractivity contribution is 8.00. The minimum Gasteiger partial charge on any atom is -0.467 e. The van der Waals surface area contributed by atoms with Gasteiger partial charge >= 0.3 is 0 Å². The fourth-order valence-corrected chi connectivity index (χ4v) is 2.39. The average Bonchev–Trinajstić information content (AvgIpc) is 2.94. The van der Waals surface area contributed by atoms with E-state index in [1.54, 1.807) is 19.1 Å². The first-order chi connectivity index (χ1) is 9.56. The van der Waals surface area contributed by atoms with Crippen molar-refractivity contribution in [1.29, 1.82) is 0 Å². The van der Waals surface area contributed by atoms with Crippen molar-refractivity contribution in [3.8, 4) is 0 Å². The first kappa shape index (κ1) is 14.6. The van der Waals surface area contributed by atoms with Crippen molar-refractivity contribution in [3.05, 3.63) is 54.0 Å². The van der Waals surface area contributed by atoms with E-state index in [0.717, 1.165) is 30.0 Å². The number of furan rings is 1. The molecule has 0 aliphatic rings. The van der Waals surface area contributed by atoms with Crippen LogP contribution >= 0.6 is 11.8 Å². The lowest BCUT2D eigenvalue weighted by molar-refractivity contribution is -0.119. The molecule has 2 aromatic rings. The van der Waals surface area contributed by atoms with E-state index in [1.165, 1.54) is 6.26 Å². The highest BCUT2D eigenvalue weighted by atomic mass is 32.2. The molecule has 106 valence electrons. The fraction of sp³-hybridized carbons (Fsp3) is 0.214. The number of hydrogen-bond donors (Lipinski definition) is 1. The highest BCUT2D eigenvalue weighted by Crippen LogP contribution is 2.22. The summed E-state index contributed by atoms with van der Waals surface area (Å²) < 4.78 is 31.5. The molecule has 1 aromatic carbocycles. The van der Waals surface area contributed by atoms with Gasteiger partial charge in [-0.1, -0.05) is 0 Å². The maximum absolute atomic E-state index is 13.4. The van der Waals surface area contributed by atoms with Gasteiger partial charge in [0.1, 0.15) is 17.4 Å². The van der Waals surface area contributed by atoms with Crippen LogP contribution in [-0.2, 0) is 4.79 Å². The summed E-state index contributed by atoms with van der Waals surface area (Å²) >= 11 is 0.951. The minimum atomic E-state index is -0.539. The Balaban J connectivity index is 1.87. The van der Waals surface area contributed by atoms with Crippen molar-refractivity contribution < 1.29 is 18.0 Å². The molecule has 0 bridgehead atoms. The predicted octanol–water partition coefficient (Wildman–Crippen LogP) is 3.53. The van der Waals surface area contributed by atoms with Crippen LogP contribution < -0.4 is 5.32 Å². The summed E-state index contributed by atoms with van der Waals surface area (Å²) in [7, 11) is 0. The molecule has 2 rings (SSSR count). The van der Waals surface area contributed by atoms with Crippen molar-refractivity contribution in [3.63, 3.8) is 0 Å². The van der Waals surface area contributed by atoms with E-state index in [0.29, 0.717) is 5.76 Å². The monoisotopic (exact) mass is 297 g/mol. The largest absolute Gasteiger partial charge is 0.467 e. The molecule has 1 amide bonds. The van der Waals surface area contributed by atoms with Crippen LogP contribution in [0, 0.1) is 11.6 Å². The summed E-state index contributed by atoms with van der Waals surface area (Å²) in [4.78, 5) is 11.8. The second-order valence-electron chi connectivity index (χ2n) is 4.17. The zero-order valence-corrected chi connectivity index (χ0v) is 11.5. The molecule has 6 heteroatoms. The van der Waals surface area contributed by atoms with Gasteiger partial charge < -0.3 is 9.73 Å². The number of hydrogen-bond acceptors (Lipinski definition) is 3. The summed E-state index contributed by atoms with van der Waals surface area (Å²) in [5, 5.41) is 2.72. The van der Waals surface area contributed by atoms with Gasteiger partial charge in [0.05, 0.1) is 18.1 Å². The van der Waals surface area contributed by atoms with Gasteiger partial charge in [-0.2, -0.15) is 0 Å². The van der Waals surface area contributed by atoms with Gasteiger partial charge in [0.25, 0.3) is 0 Å². The first-order valence-electron chi connectivity index (χ1n) is 5.97. The van der Waals surface area contributed by atoms with Gasteiger partial charge in [-0.15, -0.1) is 11.8 Å². The van der Waals surface area contributed by atoms with Crippen molar-refractivity contribution >= 4 is 17.7 Å². The Morgan fingerprint density at radius 2 is 2.20 bits per heavy atom. The van der Waals surface area contributed by atoms with Crippen molar-refractivity contribution in [2.24, 2.45) is 0 Å². The van der Waals surface area contributed by atoms with E-state index in [1.807, 2.05) is 0 Å². The molecular weight excluding hydrogens is 284 g/mol. The normalized spacial score (nSPS) is 12.2. The molecule has 1 heterocycles. The van der Waals surface area contributed by atoms with Crippen LogP contribution in [0.15, 0.2) is 45.9 Å². The van der Waals surface area contributed by atoms with E-state index < -0.39 is 11.6 Å². The zero-order valence-electron chi connectivity index (χ0n) is 10.7. The van der Waals surface area contributed by atoms with Crippen molar-refractivity contribution in [2.45, 2.75) is 17.9 Å². The molecule has 0 spiro atoms. The summed E-state index contributed by atoms with van der Waals surface area (Å²) in [6.07, 6.45) is 1.52. The second-order valence-corrected chi connectivity index (χ2v) is 5.19. The smallest absolute Gasteiger partial charge is 0.230 e. The molecule has 0 radical (unpaired) electrons. The Bertz CT molecular complexity index is 587. The molecule has 1 atom stereocenters. The molecule has 0 unspecified atom stereocenters. The number of nitrogens with one attached hydrogen (secondary N) is 1. The number of carbonyl (C=O) groups is 1. The van der Waals surface area contributed by atoms with Gasteiger partial charge in [0.15, 0.2) is 0 Å². The predicted molar refractivity (Wildman–Crippen MR) is 72.3 cm³/mol. The van der Waals surface area contributed by atoms with Crippen LogP contribution in [0.1, 0.15) is 18.7 Å². The van der Waals surface area contributed by atoms with Gasteiger partial charge in [0.2, 0.25) is 5.91 Å².